The molecular formula is C14H16N2O2. The van der Waals surface area contributed by atoms with Gasteiger partial charge in [0.05, 0.1) is 0 Å². The summed E-state index contributed by atoms with van der Waals surface area (Å²) < 4.78 is 5.49. The molecule has 0 spiro atoms. The van der Waals surface area contributed by atoms with Crippen molar-refractivity contribution in [2.24, 2.45) is 0 Å². The van der Waals surface area contributed by atoms with Crippen LogP contribution < -0.4 is 10.2 Å². The molecule has 4 nitrogen and oxygen atoms in total. The summed E-state index contributed by atoms with van der Waals surface area (Å²) in [5.74, 6) is 0.400. The molecule has 0 radical (unpaired) electrons. The Kier molecular flexibility index (Phi) is 2.80. The number of anilines is 1. The van der Waals surface area contributed by atoms with Crippen LogP contribution in [-0.2, 0) is 0 Å². The van der Waals surface area contributed by atoms with Crippen molar-refractivity contribution in [2.45, 2.75) is 6.92 Å². The third-order valence-electron chi connectivity index (χ3n) is 3.33. The Hall–Kier alpha value is -1.81. The van der Waals surface area contributed by atoms with Gasteiger partial charge >= 0.3 is 0 Å². The van der Waals surface area contributed by atoms with Gasteiger partial charge in [-0.2, -0.15) is 0 Å². The van der Waals surface area contributed by atoms with Gasteiger partial charge in [-0.3, -0.25) is 4.79 Å². The molecule has 2 aromatic rings. The molecule has 18 heavy (non-hydrogen) atoms. The molecule has 0 bridgehead atoms. The number of hydrogen-bond acceptors (Lipinski definition) is 4. The third-order valence-corrected chi connectivity index (χ3v) is 3.33. The van der Waals surface area contributed by atoms with E-state index in [0.717, 1.165) is 37.1 Å². The van der Waals surface area contributed by atoms with Gasteiger partial charge in [0.2, 0.25) is 0 Å². The zero-order valence-electron chi connectivity index (χ0n) is 10.4. The van der Waals surface area contributed by atoms with E-state index in [1.54, 1.807) is 0 Å². The molecule has 1 aliphatic heterocycles. The predicted octanol–water partition coefficient (Wildman–Crippen LogP) is 2.04. The van der Waals surface area contributed by atoms with Crippen molar-refractivity contribution in [2.75, 3.05) is 31.1 Å². The Labute approximate surface area is 106 Å². The minimum absolute atomic E-state index is 0.0325. The summed E-state index contributed by atoms with van der Waals surface area (Å²) in [4.78, 5) is 13.6. The van der Waals surface area contributed by atoms with Crippen LogP contribution in [0.3, 0.4) is 0 Å². The maximum absolute atomic E-state index is 11.3. The zero-order chi connectivity index (χ0) is 12.5. The number of carbonyl (C=O) groups excluding carboxylic acids is 1. The summed E-state index contributed by atoms with van der Waals surface area (Å²) in [7, 11) is 0. The second kappa shape index (κ2) is 4.46. The fourth-order valence-electron chi connectivity index (χ4n) is 2.32. The molecule has 1 aromatic carbocycles. The molecule has 0 aliphatic carbocycles. The molecule has 1 N–H and O–H groups in total. The smallest absolute Gasteiger partial charge is 0.194 e. The van der Waals surface area contributed by atoms with Gasteiger partial charge < -0.3 is 14.6 Å². The van der Waals surface area contributed by atoms with E-state index in [4.69, 9.17) is 4.42 Å². The molecule has 94 valence electrons. The lowest BCUT2D eigenvalue weighted by atomic mass is 10.2. The van der Waals surface area contributed by atoms with E-state index in [9.17, 15) is 4.79 Å². The van der Waals surface area contributed by atoms with Crippen LogP contribution in [0.25, 0.3) is 11.0 Å². The van der Waals surface area contributed by atoms with Gasteiger partial charge in [-0.25, -0.2) is 0 Å². The highest BCUT2D eigenvalue weighted by Crippen LogP contribution is 2.25. The number of Topliss-reactive ketones (excluding diaryl/α,β-unsaturated/α-hetero) is 1. The number of carbonyl (C=O) groups is 1. The van der Waals surface area contributed by atoms with Crippen molar-refractivity contribution in [1.29, 1.82) is 0 Å². The SMILES string of the molecule is CC(=O)c1cc2cc(N3CCNCC3)ccc2o1. The number of rotatable bonds is 2. The van der Waals surface area contributed by atoms with E-state index >= 15 is 0 Å². The van der Waals surface area contributed by atoms with E-state index < -0.39 is 0 Å². The van der Waals surface area contributed by atoms with Crippen molar-refractivity contribution >= 4 is 22.4 Å². The van der Waals surface area contributed by atoms with Crippen LogP contribution in [0.5, 0.6) is 0 Å². The summed E-state index contributed by atoms with van der Waals surface area (Å²) in [5.41, 5.74) is 1.97. The van der Waals surface area contributed by atoms with Gasteiger partial charge in [-0.15, -0.1) is 0 Å². The predicted molar refractivity (Wildman–Crippen MR) is 71.3 cm³/mol. The lowest BCUT2D eigenvalue weighted by Gasteiger charge is -2.29. The molecule has 1 saturated heterocycles. The summed E-state index contributed by atoms with van der Waals surface area (Å²) >= 11 is 0. The van der Waals surface area contributed by atoms with E-state index in [-0.39, 0.29) is 5.78 Å². The van der Waals surface area contributed by atoms with Gasteiger partial charge in [0.1, 0.15) is 5.58 Å². The van der Waals surface area contributed by atoms with E-state index in [1.807, 2.05) is 12.1 Å². The Morgan fingerprint density at radius 2 is 2.06 bits per heavy atom. The van der Waals surface area contributed by atoms with E-state index in [2.05, 4.69) is 22.3 Å². The normalized spacial score (nSPS) is 16.2. The maximum Gasteiger partial charge on any atom is 0.194 e. The average Bonchev–Trinajstić information content (AvgIpc) is 2.82. The minimum Gasteiger partial charge on any atom is -0.453 e. The number of hydrogen-bond donors (Lipinski definition) is 1. The second-order valence-corrected chi connectivity index (χ2v) is 4.63. The standard InChI is InChI=1S/C14H16N2O2/c1-10(17)14-9-11-8-12(2-3-13(11)18-14)16-6-4-15-5-7-16/h2-3,8-9,15H,4-7H2,1H3. The zero-order valence-corrected chi connectivity index (χ0v) is 10.4. The van der Waals surface area contributed by atoms with Crippen molar-refractivity contribution in [3.8, 4) is 0 Å². The van der Waals surface area contributed by atoms with Gasteiger partial charge in [0.25, 0.3) is 0 Å². The molecule has 0 atom stereocenters. The van der Waals surface area contributed by atoms with Crippen LogP contribution >= 0.6 is 0 Å². The molecular weight excluding hydrogens is 228 g/mol. The van der Waals surface area contributed by atoms with Crippen LogP contribution in [0, 0.1) is 0 Å². The lowest BCUT2D eigenvalue weighted by molar-refractivity contribution is 0.0989. The Morgan fingerprint density at radius 3 is 2.78 bits per heavy atom. The molecule has 4 heteroatoms. The fraction of sp³-hybridized carbons (Fsp3) is 0.357. The highest BCUT2D eigenvalue weighted by molar-refractivity contribution is 5.96. The Morgan fingerprint density at radius 1 is 1.28 bits per heavy atom. The minimum atomic E-state index is -0.0325. The number of nitrogens with zero attached hydrogens (tertiary/aromatic N) is 1. The summed E-state index contributed by atoms with van der Waals surface area (Å²) in [5, 5.41) is 4.33. The highest BCUT2D eigenvalue weighted by Gasteiger charge is 2.13. The van der Waals surface area contributed by atoms with Gasteiger partial charge in [-0.05, 0) is 24.3 Å². The lowest BCUT2D eigenvalue weighted by Crippen LogP contribution is -2.43. The number of ketones is 1. The van der Waals surface area contributed by atoms with Gasteiger partial charge in [0.15, 0.2) is 11.5 Å². The van der Waals surface area contributed by atoms with Crippen LogP contribution in [0.15, 0.2) is 28.7 Å². The second-order valence-electron chi connectivity index (χ2n) is 4.63. The highest BCUT2D eigenvalue weighted by atomic mass is 16.3. The van der Waals surface area contributed by atoms with E-state index in [0.29, 0.717) is 5.76 Å². The monoisotopic (exact) mass is 244 g/mol. The Balaban J connectivity index is 1.96. The first-order valence-corrected chi connectivity index (χ1v) is 6.24. The van der Waals surface area contributed by atoms with Crippen LogP contribution in [-0.4, -0.2) is 32.0 Å². The van der Waals surface area contributed by atoms with E-state index in [1.165, 1.54) is 12.6 Å². The number of nitrogens with one attached hydrogen (secondary N) is 1. The number of furan rings is 1. The number of piperazine rings is 1. The summed E-state index contributed by atoms with van der Waals surface area (Å²) in [6, 6.07) is 7.92. The molecule has 0 amide bonds. The maximum atomic E-state index is 11.3. The number of fused-ring (bicyclic) bond motifs is 1. The first-order valence-electron chi connectivity index (χ1n) is 6.24. The quantitative estimate of drug-likeness (QED) is 0.821. The molecule has 1 aliphatic rings. The first-order chi connectivity index (χ1) is 8.74. The first kappa shape index (κ1) is 11.3. The largest absolute Gasteiger partial charge is 0.453 e. The summed E-state index contributed by atoms with van der Waals surface area (Å²) in [6.07, 6.45) is 0. The molecule has 0 saturated carbocycles. The topological polar surface area (TPSA) is 45.5 Å². The molecule has 3 rings (SSSR count). The third kappa shape index (κ3) is 1.99. The number of benzene rings is 1. The van der Waals surface area contributed by atoms with Crippen molar-refractivity contribution < 1.29 is 9.21 Å². The van der Waals surface area contributed by atoms with Gasteiger partial charge in [0, 0.05) is 44.2 Å². The van der Waals surface area contributed by atoms with Crippen molar-refractivity contribution in [3.05, 3.63) is 30.0 Å². The van der Waals surface area contributed by atoms with Crippen LogP contribution in [0.2, 0.25) is 0 Å². The van der Waals surface area contributed by atoms with Crippen LogP contribution in [0.4, 0.5) is 5.69 Å². The summed E-state index contributed by atoms with van der Waals surface area (Å²) in [6.45, 7) is 5.59. The average molecular weight is 244 g/mol. The molecule has 2 heterocycles. The molecule has 1 aromatic heterocycles. The van der Waals surface area contributed by atoms with Crippen molar-refractivity contribution in [3.63, 3.8) is 0 Å². The fourth-order valence-corrected chi connectivity index (χ4v) is 2.32. The molecule has 0 unspecified atom stereocenters. The molecule has 1 fully saturated rings. The van der Waals surface area contributed by atoms with Crippen LogP contribution in [0.1, 0.15) is 17.5 Å². The van der Waals surface area contributed by atoms with Gasteiger partial charge in [-0.1, -0.05) is 0 Å². The Bertz CT molecular complexity index is 582. The van der Waals surface area contributed by atoms with Crippen molar-refractivity contribution in [1.82, 2.24) is 5.32 Å².